The molecule has 1 amide bonds. The highest BCUT2D eigenvalue weighted by molar-refractivity contribution is 6.06. The Hall–Kier alpha value is -1.95. The van der Waals surface area contributed by atoms with E-state index in [1.807, 2.05) is 19.9 Å². The summed E-state index contributed by atoms with van der Waals surface area (Å²) in [5, 5.41) is 13.9. The van der Waals surface area contributed by atoms with E-state index in [1.54, 1.807) is 11.8 Å². The molecule has 0 atom stereocenters. The van der Waals surface area contributed by atoms with E-state index in [1.165, 1.54) is 0 Å². The molecule has 1 aliphatic rings. The van der Waals surface area contributed by atoms with Crippen LogP contribution in [0.4, 0.5) is 0 Å². The van der Waals surface area contributed by atoms with Crippen LogP contribution in [-0.4, -0.2) is 45.2 Å². The smallest absolute Gasteiger partial charge is 0.259 e. The van der Waals surface area contributed by atoms with Gasteiger partial charge in [0.05, 0.1) is 22.7 Å². The molecular weight excluding hydrogens is 258 g/mol. The molecule has 1 aliphatic heterocycles. The summed E-state index contributed by atoms with van der Waals surface area (Å²) in [6, 6.07) is 1.81. The number of fused-ring (bicyclic) bond motifs is 1. The molecule has 0 bridgehead atoms. The third-order valence-electron chi connectivity index (χ3n) is 3.61. The number of carbonyl (C=O) groups excluding carboxylic acids is 1. The zero-order valence-electron chi connectivity index (χ0n) is 11.8. The van der Waals surface area contributed by atoms with E-state index in [-0.39, 0.29) is 11.8 Å². The number of aryl methyl sites for hydroxylation is 1. The van der Waals surface area contributed by atoms with E-state index in [0.29, 0.717) is 35.4 Å². The number of amides is 1. The highest BCUT2D eigenvalue weighted by Gasteiger charge is 2.31. The highest BCUT2D eigenvalue weighted by Crippen LogP contribution is 2.27. The van der Waals surface area contributed by atoms with Gasteiger partial charge in [-0.2, -0.15) is 0 Å². The van der Waals surface area contributed by atoms with Crippen molar-refractivity contribution in [3.8, 4) is 0 Å². The monoisotopic (exact) mass is 275 g/mol. The molecule has 0 aromatic carbocycles. The number of aromatic nitrogens is 2. The van der Waals surface area contributed by atoms with Gasteiger partial charge in [-0.25, -0.2) is 4.98 Å². The van der Waals surface area contributed by atoms with Crippen molar-refractivity contribution in [1.29, 1.82) is 0 Å². The van der Waals surface area contributed by atoms with Crippen LogP contribution in [0.25, 0.3) is 11.1 Å². The standard InChI is InChI=1S/C14H17N3O3/c1-7(2)11-4-10(14(19)17-5-9(18)6-17)12-8(3)16-20-13(12)15-11/h4,7,9,18H,5-6H2,1-3H3. The molecular formula is C14H17N3O3. The number of β-amino-alcohol motifs (C(OH)–C–C–N with tert-alkyl or cyclic N) is 1. The van der Waals surface area contributed by atoms with Crippen molar-refractivity contribution in [2.24, 2.45) is 0 Å². The van der Waals surface area contributed by atoms with Crippen LogP contribution >= 0.6 is 0 Å². The van der Waals surface area contributed by atoms with E-state index in [4.69, 9.17) is 4.52 Å². The van der Waals surface area contributed by atoms with Gasteiger partial charge in [-0.05, 0) is 18.9 Å². The molecule has 0 radical (unpaired) electrons. The van der Waals surface area contributed by atoms with Gasteiger partial charge in [0.25, 0.3) is 11.6 Å². The Labute approximate surface area is 116 Å². The Morgan fingerprint density at radius 1 is 1.50 bits per heavy atom. The van der Waals surface area contributed by atoms with Gasteiger partial charge >= 0.3 is 0 Å². The first-order valence-corrected chi connectivity index (χ1v) is 6.71. The molecule has 0 spiro atoms. The maximum Gasteiger partial charge on any atom is 0.259 e. The lowest BCUT2D eigenvalue weighted by Crippen LogP contribution is -2.53. The average Bonchev–Trinajstić information content (AvgIpc) is 2.75. The van der Waals surface area contributed by atoms with E-state index in [0.717, 1.165) is 5.69 Å². The normalized spacial score (nSPS) is 15.9. The summed E-state index contributed by atoms with van der Waals surface area (Å²) in [6.45, 7) is 6.58. The predicted molar refractivity (Wildman–Crippen MR) is 72.5 cm³/mol. The number of aliphatic hydroxyl groups excluding tert-OH is 1. The second-order valence-corrected chi connectivity index (χ2v) is 5.56. The number of nitrogens with zero attached hydrogens (tertiary/aromatic N) is 3. The summed E-state index contributed by atoms with van der Waals surface area (Å²) in [7, 11) is 0. The highest BCUT2D eigenvalue weighted by atomic mass is 16.5. The summed E-state index contributed by atoms with van der Waals surface area (Å²) in [6.07, 6.45) is -0.413. The van der Waals surface area contributed by atoms with Crippen molar-refractivity contribution in [2.75, 3.05) is 13.1 Å². The Kier molecular flexibility index (Phi) is 2.97. The fourth-order valence-corrected chi connectivity index (χ4v) is 2.37. The van der Waals surface area contributed by atoms with Gasteiger partial charge < -0.3 is 14.5 Å². The molecule has 2 aromatic heterocycles. The van der Waals surface area contributed by atoms with E-state index < -0.39 is 6.10 Å². The fraction of sp³-hybridized carbons (Fsp3) is 0.500. The number of hydrogen-bond acceptors (Lipinski definition) is 5. The molecule has 3 heterocycles. The fourth-order valence-electron chi connectivity index (χ4n) is 2.37. The maximum absolute atomic E-state index is 12.5. The second kappa shape index (κ2) is 4.56. The molecule has 0 unspecified atom stereocenters. The zero-order valence-corrected chi connectivity index (χ0v) is 11.8. The number of likely N-dealkylation sites (tertiary alicyclic amines) is 1. The van der Waals surface area contributed by atoms with Crippen LogP contribution in [0.1, 0.15) is 41.5 Å². The quantitative estimate of drug-likeness (QED) is 0.897. The molecule has 6 heteroatoms. The van der Waals surface area contributed by atoms with Crippen molar-refractivity contribution in [3.05, 3.63) is 23.0 Å². The molecule has 20 heavy (non-hydrogen) atoms. The maximum atomic E-state index is 12.5. The van der Waals surface area contributed by atoms with Crippen LogP contribution in [0.15, 0.2) is 10.6 Å². The minimum atomic E-state index is -0.413. The van der Waals surface area contributed by atoms with Crippen molar-refractivity contribution in [2.45, 2.75) is 32.8 Å². The Balaban J connectivity index is 2.11. The van der Waals surface area contributed by atoms with Crippen molar-refractivity contribution < 1.29 is 14.4 Å². The second-order valence-electron chi connectivity index (χ2n) is 5.56. The minimum Gasteiger partial charge on any atom is -0.389 e. The minimum absolute atomic E-state index is 0.101. The van der Waals surface area contributed by atoms with Crippen LogP contribution in [-0.2, 0) is 0 Å². The Morgan fingerprint density at radius 2 is 2.20 bits per heavy atom. The van der Waals surface area contributed by atoms with Gasteiger partial charge in [0.2, 0.25) is 0 Å². The first kappa shape index (κ1) is 13.1. The Morgan fingerprint density at radius 3 is 2.80 bits per heavy atom. The van der Waals surface area contributed by atoms with Crippen LogP contribution in [0.5, 0.6) is 0 Å². The number of pyridine rings is 1. The van der Waals surface area contributed by atoms with Crippen LogP contribution in [0, 0.1) is 6.92 Å². The summed E-state index contributed by atoms with van der Waals surface area (Å²) in [5.74, 6) is 0.0919. The molecule has 0 saturated carbocycles. The lowest BCUT2D eigenvalue weighted by Gasteiger charge is -2.36. The topological polar surface area (TPSA) is 79.5 Å². The SMILES string of the molecule is Cc1noc2nc(C(C)C)cc(C(=O)N3CC(O)C3)c12. The lowest BCUT2D eigenvalue weighted by atomic mass is 10.0. The largest absolute Gasteiger partial charge is 0.389 e. The third kappa shape index (κ3) is 1.96. The molecule has 6 nitrogen and oxygen atoms in total. The first-order chi connectivity index (χ1) is 9.47. The Bertz CT molecular complexity index is 672. The summed E-state index contributed by atoms with van der Waals surface area (Å²) >= 11 is 0. The van der Waals surface area contributed by atoms with E-state index in [9.17, 15) is 9.90 Å². The van der Waals surface area contributed by atoms with Gasteiger partial charge in [-0.3, -0.25) is 4.79 Å². The zero-order chi connectivity index (χ0) is 14.4. The van der Waals surface area contributed by atoms with Crippen molar-refractivity contribution >= 4 is 17.0 Å². The lowest BCUT2D eigenvalue weighted by molar-refractivity contribution is 0.00601. The molecule has 1 saturated heterocycles. The molecule has 0 aliphatic carbocycles. The summed E-state index contributed by atoms with van der Waals surface area (Å²) in [5.41, 5.74) is 2.42. The van der Waals surface area contributed by atoms with E-state index >= 15 is 0 Å². The molecule has 1 fully saturated rings. The van der Waals surface area contributed by atoms with Gasteiger partial charge in [-0.15, -0.1) is 0 Å². The molecule has 3 rings (SSSR count). The van der Waals surface area contributed by atoms with Gasteiger partial charge in [0.1, 0.15) is 0 Å². The van der Waals surface area contributed by atoms with Crippen molar-refractivity contribution in [1.82, 2.24) is 15.0 Å². The molecule has 2 aromatic rings. The van der Waals surface area contributed by atoms with E-state index in [2.05, 4.69) is 10.1 Å². The number of carbonyl (C=O) groups is 1. The van der Waals surface area contributed by atoms with Gasteiger partial charge in [0.15, 0.2) is 0 Å². The number of aliphatic hydroxyl groups is 1. The van der Waals surface area contributed by atoms with Gasteiger partial charge in [0, 0.05) is 18.8 Å². The van der Waals surface area contributed by atoms with Crippen LogP contribution in [0.3, 0.4) is 0 Å². The van der Waals surface area contributed by atoms with Crippen LogP contribution in [0.2, 0.25) is 0 Å². The summed E-state index contributed by atoms with van der Waals surface area (Å²) in [4.78, 5) is 18.6. The first-order valence-electron chi connectivity index (χ1n) is 6.71. The third-order valence-corrected chi connectivity index (χ3v) is 3.61. The molecule has 1 N–H and O–H groups in total. The molecule has 106 valence electrons. The van der Waals surface area contributed by atoms with Gasteiger partial charge in [-0.1, -0.05) is 19.0 Å². The average molecular weight is 275 g/mol. The predicted octanol–water partition coefficient (Wildman–Crippen LogP) is 1.47. The van der Waals surface area contributed by atoms with Crippen molar-refractivity contribution in [3.63, 3.8) is 0 Å². The number of hydrogen-bond donors (Lipinski definition) is 1. The van der Waals surface area contributed by atoms with Crippen LogP contribution < -0.4 is 0 Å². The number of rotatable bonds is 2. The summed E-state index contributed by atoms with van der Waals surface area (Å²) < 4.78 is 5.20.